The van der Waals surface area contributed by atoms with Gasteiger partial charge in [-0.1, -0.05) is 61.2 Å². The Hall–Kier alpha value is -2.33. The van der Waals surface area contributed by atoms with Crippen LogP contribution in [0.15, 0.2) is 78.8 Å². The smallest absolute Gasteiger partial charge is 0.0466 e. The second-order valence-electron chi connectivity index (χ2n) is 8.68. The number of benzene rings is 2. The molecule has 6 heteroatoms. The van der Waals surface area contributed by atoms with Crippen molar-refractivity contribution >= 4 is 9.24 Å². The molecule has 0 aromatic heterocycles. The lowest BCUT2D eigenvalue weighted by atomic mass is 10.1. The van der Waals surface area contributed by atoms with Gasteiger partial charge in [-0.3, -0.25) is 0 Å². The van der Waals surface area contributed by atoms with Gasteiger partial charge in [0.2, 0.25) is 0 Å². The summed E-state index contributed by atoms with van der Waals surface area (Å²) in [6, 6.07) is 20.1. The minimum atomic E-state index is 0.224. The first-order valence-electron chi connectivity index (χ1n) is 11.4. The fraction of sp³-hybridized carbons (Fsp3) is 0.385. The fourth-order valence-corrected chi connectivity index (χ4v) is 4.47. The zero-order valence-corrected chi connectivity index (χ0v) is 20.3. The number of hydrogen-bond acceptors (Lipinski definition) is 5. The number of aryl methyl sites for hydroxylation is 1. The first-order valence-corrected chi connectivity index (χ1v) is 12.1. The maximum Gasteiger partial charge on any atom is 0.0466 e. The molecule has 4 unspecified atom stereocenters. The van der Waals surface area contributed by atoms with Gasteiger partial charge in [-0.25, -0.2) is 0 Å². The largest absolute Gasteiger partial charge is 0.401 e. The molecular formula is C26H38N5P. The van der Waals surface area contributed by atoms with E-state index in [0.717, 1.165) is 43.7 Å². The second kappa shape index (κ2) is 12.1. The molecule has 4 atom stereocenters. The van der Waals surface area contributed by atoms with Crippen LogP contribution in [0.3, 0.4) is 0 Å². The van der Waals surface area contributed by atoms with Gasteiger partial charge in [0, 0.05) is 55.1 Å². The first-order chi connectivity index (χ1) is 15.5. The fourth-order valence-electron chi connectivity index (χ4n) is 4.13. The molecule has 2 aromatic carbocycles. The topological polar surface area (TPSA) is 79.3 Å². The molecule has 6 N–H and O–H groups in total. The quantitative estimate of drug-likeness (QED) is 0.393. The van der Waals surface area contributed by atoms with Crippen LogP contribution in [-0.2, 0) is 13.0 Å². The Labute approximate surface area is 195 Å². The minimum absolute atomic E-state index is 0.224. The van der Waals surface area contributed by atoms with Crippen molar-refractivity contribution in [2.45, 2.75) is 50.6 Å². The minimum Gasteiger partial charge on any atom is -0.401 e. The van der Waals surface area contributed by atoms with Gasteiger partial charge in [-0.2, -0.15) is 0 Å². The highest BCUT2D eigenvalue weighted by atomic mass is 31.0. The molecule has 0 radical (unpaired) electrons. The SMILES string of the molecule is C=C(CN)N1CC(N/C=C(\N)CCc2ccc(C(P)NCc3ccccc3)cc2)CC1C. The lowest BCUT2D eigenvalue weighted by Gasteiger charge is -2.24. The van der Waals surface area contributed by atoms with E-state index in [0.29, 0.717) is 18.6 Å². The predicted octanol–water partition coefficient (Wildman–Crippen LogP) is 3.61. The summed E-state index contributed by atoms with van der Waals surface area (Å²) in [5, 5.41) is 7.04. The van der Waals surface area contributed by atoms with Crippen molar-refractivity contribution in [1.82, 2.24) is 15.5 Å². The molecule has 1 saturated heterocycles. The lowest BCUT2D eigenvalue weighted by molar-refractivity contribution is 0.334. The molecule has 1 aliphatic rings. The summed E-state index contributed by atoms with van der Waals surface area (Å²) in [5.74, 6) is 0.224. The van der Waals surface area contributed by atoms with E-state index >= 15 is 0 Å². The molecule has 0 amide bonds. The molecule has 5 nitrogen and oxygen atoms in total. The molecule has 172 valence electrons. The molecule has 32 heavy (non-hydrogen) atoms. The van der Waals surface area contributed by atoms with Crippen molar-refractivity contribution in [3.63, 3.8) is 0 Å². The predicted molar refractivity (Wildman–Crippen MR) is 139 cm³/mol. The van der Waals surface area contributed by atoms with E-state index in [2.05, 4.69) is 86.8 Å². The highest BCUT2D eigenvalue weighted by Gasteiger charge is 2.28. The molecule has 3 rings (SSSR count). The van der Waals surface area contributed by atoms with Crippen molar-refractivity contribution < 1.29 is 0 Å². The van der Waals surface area contributed by atoms with E-state index < -0.39 is 0 Å². The number of rotatable bonds is 11. The molecule has 0 spiro atoms. The number of allylic oxidation sites excluding steroid dienone is 1. The highest BCUT2D eigenvalue weighted by molar-refractivity contribution is 7.17. The van der Waals surface area contributed by atoms with Crippen molar-refractivity contribution in [3.05, 3.63) is 95.5 Å². The Bertz CT molecular complexity index is 881. The van der Waals surface area contributed by atoms with Crippen LogP contribution in [0.2, 0.25) is 0 Å². The first kappa shape index (κ1) is 24.3. The molecule has 0 saturated carbocycles. The maximum absolute atomic E-state index is 6.26. The van der Waals surface area contributed by atoms with E-state index in [9.17, 15) is 0 Å². The van der Waals surface area contributed by atoms with Crippen molar-refractivity contribution in [1.29, 1.82) is 0 Å². The van der Waals surface area contributed by atoms with E-state index in [1.54, 1.807) is 0 Å². The summed E-state index contributed by atoms with van der Waals surface area (Å²) in [6.45, 7) is 8.57. The molecule has 2 aromatic rings. The van der Waals surface area contributed by atoms with E-state index in [-0.39, 0.29) is 5.78 Å². The number of nitrogens with zero attached hydrogens (tertiary/aromatic N) is 1. The summed E-state index contributed by atoms with van der Waals surface area (Å²) in [7, 11) is 2.89. The zero-order valence-electron chi connectivity index (χ0n) is 19.1. The van der Waals surface area contributed by atoms with E-state index in [4.69, 9.17) is 11.5 Å². The molecule has 1 aliphatic heterocycles. The molecule has 0 bridgehead atoms. The van der Waals surface area contributed by atoms with Gasteiger partial charge in [0.05, 0.1) is 0 Å². The molecule has 1 heterocycles. The van der Waals surface area contributed by atoms with Gasteiger partial charge < -0.3 is 27.0 Å². The van der Waals surface area contributed by atoms with Gasteiger partial charge in [-0.05, 0) is 42.9 Å². The molecule has 0 aliphatic carbocycles. The van der Waals surface area contributed by atoms with Crippen LogP contribution in [0, 0.1) is 0 Å². The number of nitrogens with one attached hydrogen (secondary N) is 2. The van der Waals surface area contributed by atoms with Crippen molar-refractivity contribution in [2.24, 2.45) is 11.5 Å². The Morgan fingerprint density at radius 2 is 1.91 bits per heavy atom. The monoisotopic (exact) mass is 451 g/mol. The van der Waals surface area contributed by atoms with E-state index in [1.165, 1.54) is 16.7 Å². The third-order valence-corrected chi connectivity index (χ3v) is 6.75. The van der Waals surface area contributed by atoms with E-state index in [1.807, 2.05) is 12.3 Å². The van der Waals surface area contributed by atoms with Crippen LogP contribution in [0.5, 0.6) is 0 Å². The Balaban J connectivity index is 1.42. The molecular weight excluding hydrogens is 413 g/mol. The second-order valence-corrected chi connectivity index (χ2v) is 9.34. The van der Waals surface area contributed by atoms with Crippen molar-refractivity contribution in [2.75, 3.05) is 13.1 Å². The van der Waals surface area contributed by atoms with Gasteiger partial charge in [0.1, 0.15) is 0 Å². The van der Waals surface area contributed by atoms with Crippen LogP contribution in [0.4, 0.5) is 0 Å². The number of likely N-dealkylation sites (tertiary alicyclic amines) is 1. The van der Waals surface area contributed by atoms with Gasteiger partial charge in [0.15, 0.2) is 0 Å². The van der Waals surface area contributed by atoms with Crippen LogP contribution in [-0.4, -0.2) is 30.1 Å². The Morgan fingerprint density at radius 1 is 1.19 bits per heavy atom. The van der Waals surface area contributed by atoms with Gasteiger partial charge in [-0.15, -0.1) is 9.24 Å². The van der Waals surface area contributed by atoms with Crippen LogP contribution in [0.25, 0.3) is 0 Å². The zero-order chi connectivity index (χ0) is 22.9. The Morgan fingerprint density at radius 3 is 2.59 bits per heavy atom. The maximum atomic E-state index is 6.26. The Kier molecular flexibility index (Phi) is 9.16. The standard InChI is InChI=1S/C26H38N5P/c1-19-14-25(18-31(19)20(2)15-27)29-17-24(28)13-10-21-8-11-23(12-9-21)26(32)30-16-22-6-4-3-5-7-22/h3-9,11-12,17,19,25-26,29-30H,2,10,13-16,18,27-28,32H2,1H3/b24-17-. The van der Waals surface area contributed by atoms with Crippen LogP contribution < -0.4 is 22.1 Å². The average molecular weight is 452 g/mol. The lowest BCUT2D eigenvalue weighted by Crippen LogP contribution is -2.32. The molecule has 1 fully saturated rings. The number of nitrogens with two attached hydrogens (primary N) is 2. The third-order valence-electron chi connectivity index (χ3n) is 6.13. The van der Waals surface area contributed by atoms with Gasteiger partial charge >= 0.3 is 0 Å². The van der Waals surface area contributed by atoms with Gasteiger partial charge in [0.25, 0.3) is 0 Å². The summed E-state index contributed by atoms with van der Waals surface area (Å²) < 4.78 is 0. The number of hydrogen-bond donors (Lipinski definition) is 4. The highest BCUT2D eigenvalue weighted by Crippen LogP contribution is 2.22. The van der Waals surface area contributed by atoms with Crippen molar-refractivity contribution in [3.8, 4) is 0 Å². The summed E-state index contributed by atoms with van der Waals surface area (Å²) in [5.41, 5.74) is 17.7. The average Bonchev–Trinajstić information content (AvgIpc) is 3.20. The summed E-state index contributed by atoms with van der Waals surface area (Å²) in [4.78, 5) is 2.29. The normalized spacial score (nSPS) is 19.7. The third kappa shape index (κ3) is 7.09. The summed E-state index contributed by atoms with van der Waals surface area (Å²) >= 11 is 0. The summed E-state index contributed by atoms with van der Waals surface area (Å²) in [6.07, 6.45) is 4.82. The van der Waals surface area contributed by atoms with Crippen LogP contribution >= 0.6 is 9.24 Å². The van der Waals surface area contributed by atoms with Crippen LogP contribution in [0.1, 0.15) is 42.2 Å².